The first-order valence-electron chi connectivity index (χ1n) is 7.95. The maximum Gasteiger partial charge on any atom is 0.137 e. The number of hydrogen-bond donors (Lipinski definition) is 1. The Labute approximate surface area is 152 Å². The van der Waals surface area contributed by atoms with Crippen molar-refractivity contribution in [2.75, 3.05) is 0 Å². The molecular weight excluding hydrogens is 348 g/mol. The number of rotatable bonds is 3. The summed E-state index contributed by atoms with van der Waals surface area (Å²) >= 11 is 3.34. The molecule has 0 aliphatic carbocycles. The number of thiophene rings is 2. The molecule has 0 fully saturated rings. The molecule has 4 heterocycles. The lowest BCUT2D eigenvalue weighted by Crippen LogP contribution is -1.84. The first-order chi connectivity index (χ1) is 12.3. The molecule has 0 bridgehead atoms. The Morgan fingerprint density at radius 2 is 1.84 bits per heavy atom. The number of aromatic nitrogens is 2. The van der Waals surface area contributed by atoms with Crippen LogP contribution in [0.1, 0.15) is 4.88 Å². The van der Waals surface area contributed by atoms with Crippen molar-refractivity contribution >= 4 is 38.4 Å². The number of nitrogens with zero attached hydrogens (tertiary/aromatic N) is 2. The lowest BCUT2D eigenvalue weighted by atomic mass is 10.1. The van der Waals surface area contributed by atoms with Gasteiger partial charge in [-0.15, -0.1) is 22.7 Å². The van der Waals surface area contributed by atoms with Crippen LogP contribution in [0.15, 0.2) is 65.6 Å². The number of benzene rings is 1. The van der Waals surface area contributed by atoms with Gasteiger partial charge in [-0.05, 0) is 63.7 Å². The Hall–Kier alpha value is -2.47. The van der Waals surface area contributed by atoms with E-state index in [0.29, 0.717) is 0 Å². The van der Waals surface area contributed by atoms with Crippen molar-refractivity contribution < 1.29 is 5.11 Å². The standard InChI is InChI=1S/C20H14N2OS2/c23-11-17-8-16(12-25-17)15-2-4-20-21-18(10-22(20)9-15)13-1-3-19-14(7-13)5-6-24-19/h1-10,12,23H,11H2. The van der Waals surface area contributed by atoms with Crippen LogP contribution in [-0.2, 0) is 6.61 Å². The predicted octanol–water partition coefficient (Wildman–Crippen LogP) is 5.44. The monoisotopic (exact) mass is 362 g/mol. The Morgan fingerprint density at radius 3 is 2.72 bits per heavy atom. The zero-order chi connectivity index (χ0) is 16.8. The molecule has 4 aromatic heterocycles. The van der Waals surface area contributed by atoms with Crippen molar-refractivity contribution in [1.29, 1.82) is 0 Å². The second kappa shape index (κ2) is 5.81. The third-order valence-electron chi connectivity index (χ3n) is 4.34. The van der Waals surface area contributed by atoms with E-state index in [2.05, 4.69) is 57.9 Å². The molecule has 25 heavy (non-hydrogen) atoms. The van der Waals surface area contributed by atoms with Crippen molar-refractivity contribution in [3.8, 4) is 22.4 Å². The van der Waals surface area contributed by atoms with Crippen LogP contribution >= 0.6 is 22.7 Å². The number of hydrogen-bond acceptors (Lipinski definition) is 4. The number of aliphatic hydroxyl groups is 1. The summed E-state index contributed by atoms with van der Waals surface area (Å²) in [6, 6.07) is 14.8. The molecule has 3 nitrogen and oxygen atoms in total. The van der Waals surface area contributed by atoms with E-state index in [0.717, 1.165) is 32.9 Å². The van der Waals surface area contributed by atoms with Crippen molar-refractivity contribution in [3.05, 3.63) is 70.5 Å². The zero-order valence-electron chi connectivity index (χ0n) is 13.2. The predicted molar refractivity (Wildman–Crippen MR) is 105 cm³/mol. The highest BCUT2D eigenvalue weighted by molar-refractivity contribution is 7.17. The molecule has 1 N–H and O–H groups in total. The smallest absolute Gasteiger partial charge is 0.137 e. The lowest BCUT2D eigenvalue weighted by Gasteiger charge is -1.99. The Morgan fingerprint density at radius 1 is 0.920 bits per heavy atom. The fourth-order valence-corrected chi connectivity index (χ4v) is 4.57. The van der Waals surface area contributed by atoms with Crippen LogP contribution in [0.3, 0.4) is 0 Å². The Bertz CT molecular complexity index is 1200. The van der Waals surface area contributed by atoms with Crippen LogP contribution in [0.4, 0.5) is 0 Å². The highest BCUT2D eigenvalue weighted by Crippen LogP contribution is 2.29. The van der Waals surface area contributed by atoms with E-state index >= 15 is 0 Å². The van der Waals surface area contributed by atoms with Gasteiger partial charge in [0.2, 0.25) is 0 Å². The fourth-order valence-electron chi connectivity index (χ4n) is 3.04. The topological polar surface area (TPSA) is 37.5 Å². The fraction of sp³-hybridized carbons (Fsp3) is 0.0500. The molecule has 5 aromatic rings. The normalized spacial score (nSPS) is 11.6. The molecule has 0 aliphatic rings. The second-order valence-electron chi connectivity index (χ2n) is 5.94. The average Bonchev–Trinajstić information content (AvgIpc) is 3.37. The number of imidazole rings is 1. The van der Waals surface area contributed by atoms with E-state index in [-0.39, 0.29) is 6.61 Å². The first-order valence-corrected chi connectivity index (χ1v) is 9.71. The molecule has 0 radical (unpaired) electrons. The molecule has 0 spiro atoms. The second-order valence-corrected chi connectivity index (χ2v) is 7.89. The van der Waals surface area contributed by atoms with E-state index in [4.69, 9.17) is 4.98 Å². The zero-order valence-corrected chi connectivity index (χ0v) is 14.8. The minimum atomic E-state index is 0.0905. The van der Waals surface area contributed by atoms with Crippen molar-refractivity contribution in [1.82, 2.24) is 9.38 Å². The van der Waals surface area contributed by atoms with E-state index in [1.807, 2.05) is 12.1 Å². The minimum absolute atomic E-state index is 0.0905. The van der Waals surface area contributed by atoms with Crippen LogP contribution in [0.25, 0.3) is 38.1 Å². The number of aliphatic hydroxyl groups excluding tert-OH is 1. The van der Waals surface area contributed by atoms with Gasteiger partial charge in [-0.3, -0.25) is 0 Å². The molecule has 0 saturated heterocycles. The molecule has 5 heteroatoms. The maximum atomic E-state index is 9.25. The van der Waals surface area contributed by atoms with E-state index in [1.165, 1.54) is 10.1 Å². The van der Waals surface area contributed by atoms with E-state index in [1.54, 1.807) is 22.7 Å². The molecule has 0 unspecified atom stereocenters. The van der Waals surface area contributed by atoms with Crippen LogP contribution in [-0.4, -0.2) is 14.5 Å². The Kier molecular flexibility index (Phi) is 3.45. The first kappa shape index (κ1) is 14.8. The Balaban J connectivity index is 1.58. The number of pyridine rings is 1. The third kappa shape index (κ3) is 2.57. The van der Waals surface area contributed by atoms with Gasteiger partial charge in [0.15, 0.2) is 0 Å². The third-order valence-corrected chi connectivity index (χ3v) is 6.16. The summed E-state index contributed by atoms with van der Waals surface area (Å²) in [5.74, 6) is 0. The van der Waals surface area contributed by atoms with Gasteiger partial charge in [-0.25, -0.2) is 4.98 Å². The highest BCUT2D eigenvalue weighted by atomic mass is 32.1. The summed E-state index contributed by atoms with van der Waals surface area (Å²) in [5, 5.41) is 14.7. The summed E-state index contributed by atoms with van der Waals surface area (Å²) in [6.07, 6.45) is 4.17. The summed E-state index contributed by atoms with van der Waals surface area (Å²) in [5.41, 5.74) is 5.30. The van der Waals surface area contributed by atoms with Gasteiger partial charge in [-0.1, -0.05) is 6.07 Å². The largest absolute Gasteiger partial charge is 0.391 e. The molecule has 0 saturated carbocycles. The molecule has 0 aliphatic heterocycles. The highest BCUT2D eigenvalue weighted by Gasteiger charge is 2.08. The van der Waals surface area contributed by atoms with Crippen LogP contribution in [0, 0.1) is 0 Å². The van der Waals surface area contributed by atoms with Gasteiger partial charge in [0.25, 0.3) is 0 Å². The summed E-state index contributed by atoms with van der Waals surface area (Å²) in [7, 11) is 0. The number of fused-ring (bicyclic) bond motifs is 2. The molecule has 0 amide bonds. The van der Waals surface area contributed by atoms with Gasteiger partial charge in [-0.2, -0.15) is 0 Å². The van der Waals surface area contributed by atoms with Gasteiger partial charge in [0.05, 0.1) is 12.3 Å². The van der Waals surface area contributed by atoms with Gasteiger partial charge in [0.1, 0.15) is 5.65 Å². The van der Waals surface area contributed by atoms with Crippen LogP contribution < -0.4 is 0 Å². The quantitative estimate of drug-likeness (QED) is 0.464. The van der Waals surface area contributed by atoms with Crippen molar-refractivity contribution in [2.45, 2.75) is 6.61 Å². The molecule has 1 aromatic carbocycles. The van der Waals surface area contributed by atoms with Crippen molar-refractivity contribution in [3.63, 3.8) is 0 Å². The van der Waals surface area contributed by atoms with Gasteiger partial charge < -0.3 is 9.51 Å². The minimum Gasteiger partial charge on any atom is -0.391 e. The van der Waals surface area contributed by atoms with E-state index < -0.39 is 0 Å². The van der Waals surface area contributed by atoms with Gasteiger partial charge in [0, 0.05) is 27.5 Å². The summed E-state index contributed by atoms with van der Waals surface area (Å²) in [6.45, 7) is 0.0905. The lowest BCUT2D eigenvalue weighted by molar-refractivity contribution is 0.285. The summed E-state index contributed by atoms with van der Waals surface area (Å²) in [4.78, 5) is 5.74. The van der Waals surface area contributed by atoms with Gasteiger partial charge >= 0.3 is 0 Å². The molecular formula is C20H14N2OS2. The summed E-state index contributed by atoms with van der Waals surface area (Å²) < 4.78 is 3.37. The average molecular weight is 362 g/mol. The van der Waals surface area contributed by atoms with E-state index in [9.17, 15) is 5.11 Å². The molecule has 0 atom stereocenters. The SMILES string of the molecule is OCc1cc(-c2ccc3nc(-c4ccc5sccc5c4)cn3c2)cs1. The van der Waals surface area contributed by atoms with Crippen LogP contribution in [0.5, 0.6) is 0 Å². The van der Waals surface area contributed by atoms with Crippen molar-refractivity contribution in [2.24, 2.45) is 0 Å². The molecule has 122 valence electrons. The maximum absolute atomic E-state index is 9.25. The molecule has 5 rings (SSSR count). The van der Waals surface area contributed by atoms with Crippen LogP contribution in [0.2, 0.25) is 0 Å².